The van der Waals surface area contributed by atoms with Gasteiger partial charge in [-0.1, -0.05) is 25.1 Å². The van der Waals surface area contributed by atoms with Gasteiger partial charge >= 0.3 is 0 Å². The van der Waals surface area contributed by atoms with Crippen molar-refractivity contribution < 1.29 is 14.4 Å². The van der Waals surface area contributed by atoms with E-state index < -0.39 is 0 Å². The molecule has 102 valence electrons. The second-order valence-corrected chi connectivity index (χ2v) is 5.80. The number of para-hydroxylation sites is 1. The van der Waals surface area contributed by atoms with Crippen LogP contribution < -0.4 is 4.74 Å². The lowest BCUT2D eigenvalue weighted by molar-refractivity contribution is 0.371. The highest BCUT2D eigenvalue weighted by molar-refractivity contribution is 7.99. The molecule has 0 saturated heterocycles. The number of phenols is 1. The van der Waals surface area contributed by atoms with Gasteiger partial charge in [-0.25, -0.2) is 0 Å². The summed E-state index contributed by atoms with van der Waals surface area (Å²) in [5.41, 5.74) is 0.479. The highest BCUT2D eigenvalue weighted by Gasteiger charge is 2.15. The van der Waals surface area contributed by atoms with Gasteiger partial charge in [0.05, 0.1) is 18.4 Å². The van der Waals surface area contributed by atoms with Crippen molar-refractivity contribution in [2.24, 2.45) is 0 Å². The zero-order valence-electron chi connectivity index (χ0n) is 11.1. The third kappa shape index (κ3) is 3.20. The van der Waals surface area contributed by atoms with Crippen LogP contribution in [-0.4, -0.2) is 27.6 Å². The first kappa shape index (κ1) is 13.7. The normalized spacial score (nSPS) is 10.9. The fraction of sp³-hybridized carbons (Fsp3) is 0.385. The molecule has 19 heavy (non-hydrogen) atoms. The molecule has 6 heteroatoms. The average Bonchev–Trinajstić information content (AvgIpc) is 2.85. The molecule has 0 spiro atoms. The quantitative estimate of drug-likeness (QED) is 0.907. The van der Waals surface area contributed by atoms with Gasteiger partial charge in [0.25, 0.3) is 5.89 Å². The van der Waals surface area contributed by atoms with E-state index in [0.29, 0.717) is 34.0 Å². The number of rotatable bonds is 5. The zero-order valence-corrected chi connectivity index (χ0v) is 11.9. The molecule has 0 fully saturated rings. The fourth-order valence-corrected chi connectivity index (χ4v) is 2.12. The van der Waals surface area contributed by atoms with Gasteiger partial charge in [0, 0.05) is 0 Å². The molecular weight excluding hydrogens is 264 g/mol. The highest BCUT2D eigenvalue weighted by Crippen LogP contribution is 2.36. The SMILES string of the molecule is COc1cccc(-c2nc(CSC(C)C)no2)c1O. The Morgan fingerprint density at radius 2 is 2.21 bits per heavy atom. The van der Waals surface area contributed by atoms with Crippen molar-refractivity contribution in [3.8, 4) is 23.0 Å². The Bertz CT molecular complexity index is 555. The van der Waals surface area contributed by atoms with Gasteiger partial charge in [0.1, 0.15) is 0 Å². The molecule has 0 amide bonds. The molecule has 5 nitrogen and oxygen atoms in total. The molecule has 0 unspecified atom stereocenters. The standard InChI is InChI=1S/C13H16N2O3S/c1-8(2)19-7-11-14-13(18-15-11)9-5-4-6-10(17-3)12(9)16/h4-6,8,16H,7H2,1-3H3. The maximum Gasteiger partial charge on any atom is 0.261 e. The molecule has 0 aliphatic carbocycles. The smallest absolute Gasteiger partial charge is 0.261 e. The van der Waals surface area contributed by atoms with Gasteiger partial charge < -0.3 is 14.4 Å². The number of hydrogen-bond acceptors (Lipinski definition) is 6. The van der Waals surface area contributed by atoms with E-state index in [1.54, 1.807) is 30.0 Å². The summed E-state index contributed by atoms with van der Waals surface area (Å²) in [6, 6.07) is 5.15. The van der Waals surface area contributed by atoms with E-state index in [-0.39, 0.29) is 5.75 Å². The molecule has 1 heterocycles. The van der Waals surface area contributed by atoms with Gasteiger partial charge in [0.2, 0.25) is 0 Å². The van der Waals surface area contributed by atoms with E-state index in [9.17, 15) is 5.11 Å². The van der Waals surface area contributed by atoms with Crippen LogP contribution in [0.4, 0.5) is 0 Å². The Morgan fingerprint density at radius 1 is 1.42 bits per heavy atom. The molecule has 0 saturated carbocycles. The Labute approximate surface area is 116 Å². The largest absolute Gasteiger partial charge is 0.504 e. The summed E-state index contributed by atoms with van der Waals surface area (Å²) in [7, 11) is 1.50. The maximum atomic E-state index is 10.0. The van der Waals surface area contributed by atoms with Crippen LogP contribution in [0, 0.1) is 0 Å². The first-order valence-corrected chi connectivity index (χ1v) is 6.97. The highest BCUT2D eigenvalue weighted by atomic mass is 32.2. The van der Waals surface area contributed by atoms with Crippen molar-refractivity contribution in [2.45, 2.75) is 24.9 Å². The van der Waals surface area contributed by atoms with E-state index in [1.807, 2.05) is 0 Å². The molecule has 0 aliphatic heterocycles. The van der Waals surface area contributed by atoms with E-state index in [1.165, 1.54) is 7.11 Å². The first-order chi connectivity index (χ1) is 9.11. The lowest BCUT2D eigenvalue weighted by atomic mass is 10.2. The van der Waals surface area contributed by atoms with Gasteiger partial charge in [-0.15, -0.1) is 0 Å². The Kier molecular flexibility index (Phi) is 4.31. The van der Waals surface area contributed by atoms with Crippen molar-refractivity contribution in [3.05, 3.63) is 24.0 Å². The number of phenolic OH excluding ortho intramolecular Hbond substituents is 1. The molecule has 2 aromatic rings. The molecule has 0 bridgehead atoms. The predicted molar refractivity (Wildman–Crippen MR) is 74.4 cm³/mol. The van der Waals surface area contributed by atoms with Crippen LogP contribution in [0.15, 0.2) is 22.7 Å². The van der Waals surface area contributed by atoms with Gasteiger partial charge in [-0.3, -0.25) is 0 Å². The van der Waals surface area contributed by atoms with Crippen molar-refractivity contribution in [1.29, 1.82) is 0 Å². The monoisotopic (exact) mass is 280 g/mol. The average molecular weight is 280 g/mol. The molecular formula is C13H16N2O3S. The Balaban J connectivity index is 2.23. The Hall–Kier alpha value is -1.69. The molecule has 1 aromatic heterocycles. The summed E-state index contributed by atoms with van der Waals surface area (Å²) in [6.07, 6.45) is 0. The summed E-state index contributed by atoms with van der Waals surface area (Å²) in [6.45, 7) is 4.22. The van der Waals surface area contributed by atoms with Gasteiger partial charge in [0.15, 0.2) is 17.3 Å². The first-order valence-electron chi connectivity index (χ1n) is 5.92. The number of nitrogens with zero attached hydrogens (tertiary/aromatic N) is 2. The van der Waals surface area contributed by atoms with Crippen LogP contribution in [0.2, 0.25) is 0 Å². The number of thioether (sulfide) groups is 1. The molecule has 0 aliphatic rings. The fourth-order valence-electron chi connectivity index (χ4n) is 1.52. The topological polar surface area (TPSA) is 68.4 Å². The number of aromatic nitrogens is 2. The second-order valence-electron chi connectivity index (χ2n) is 4.23. The minimum absolute atomic E-state index is 0.0108. The zero-order chi connectivity index (χ0) is 13.8. The third-order valence-electron chi connectivity index (χ3n) is 2.46. The molecule has 0 radical (unpaired) electrons. The van der Waals surface area contributed by atoms with E-state index >= 15 is 0 Å². The van der Waals surface area contributed by atoms with Crippen molar-refractivity contribution in [3.63, 3.8) is 0 Å². The minimum atomic E-state index is 0.0108. The molecule has 0 atom stereocenters. The molecule has 2 rings (SSSR count). The summed E-state index contributed by atoms with van der Waals surface area (Å²) in [5.74, 6) is 2.00. The lowest BCUT2D eigenvalue weighted by Crippen LogP contribution is -1.91. The number of benzene rings is 1. The van der Waals surface area contributed by atoms with E-state index in [0.717, 1.165) is 0 Å². The van der Waals surface area contributed by atoms with Gasteiger partial charge in [-0.2, -0.15) is 16.7 Å². The van der Waals surface area contributed by atoms with Crippen LogP contribution in [0.25, 0.3) is 11.5 Å². The summed E-state index contributed by atoms with van der Waals surface area (Å²) in [5, 5.41) is 14.4. The van der Waals surface area contributed by atoms with Crippen LogP contribution in [0.3, 0.4) is 0 Å². The van der Waals surface area contributed by atoms with Crippen LogP contribution in [0.1, 0.15) is 19.7 Å². The van der Waals surface area contributed by atoms with Crippen LogP contribution >= 0.6 is 11.8 Å². The number of hydrogen-bond donors (Lipinski definition) is 1. The van der Waals surface area contributed by atoms with Gasteiger partial charge in [-0.05, 0) is 17.4 Å². The summed E-state index contributed by atoms with van der Waals surface area (Å²) in [4.78, 5) is 4.27. The molecule has 1 N–H and O–H groups in total. The number of methoxy groups -OCH3 is 1. The van der Waals surface area contributed by atoms with E-state index in [4.69, 9.17) is 9.26 Å². The lowest BCUT2D eigenvalue weighted by Gasteiger charge is -2.04. The second kappa shape index (κ2) is 5.97. The van der Waals surface area contributed by atoms with Crippen molar-refractivity contribution >= 4 is 11.8 Å². The number of ether oxygens (including phenoxy) is 1. The van der Waals surface area contributed by atoms with E-state index in [2.05, 4.69) is 24.0 Å². The maximum absolute atomic E-state index is 10.0. The third-order valence-corrected chi connectivity index (χ3v) is 3.55. The van der Waals surface area contributed by atoms with Crippen LogP contribution in [-0.2, 0) is 5.75 Å². The van der Waals surface area contributed by atoms with Crippen molar-refractivity contribution in [1.82, 2.24) is 10.1 Å². The summed E-state index contributed by atoms with van der Waals surface area (Å²) < 4.78 is 10.2. The Morgan fingerprint density at radius 3 is 2.89 bits per heavy atom. The van der Waals surface area contributed by atoms with Crippen LogP contribution in [0.5, 0.6) is 11.5 Å². The molecule has 1 aromatic carbocycles. The van der Waals surface area contributed by atoms with Crippen molar-refractivity contribution in [2.75, 3.05) is 7.11 Å². The summed E-state index contributed by atoms with van der Waals surface area (Å²) >= 11 is 1.73. The number of aromatic hydroxyl groups is 1. The minimum Gasteiger partial charge on any atom is -0.504 e. The predicted octanol–water partition coefficient (Wildman–Crippen LogP) is 3.09.